The van der Waals surface area contributed by atoms with Gasteiger partial charge in [-0.2, -0.15) is 13.9 Å². The van der Waals surface area contributed by atoms with Crippen LogP contribution in [0.3, 0.4) is 0 Å². The molecule has 0 atom stereocenters. The molecule has 0 fully saturated rings. The summed E-state index contributed by atoms with van der Waals surface area (Å²) in [4.78, 5) is 0. The zero-order valence-corrected chi connectivity index (χ0v) is 13.8. The number of hydrogen-bond acceptors (Lipinski definition) is 3. The van der Waals surface area contributed by atoms with E-state index in [0.29, 0.717) is 11.3 Å². The Kier molecular flexibility index (Phi) is 5.83. The summed E-state index contributed by atoms with van der Waals surface area (Å²) in [5, 5.41) is 8.42. The van der Waals surface area contributed by atoms with Crippen molar-refractivity contribution in [3.63, 3.8) is 0 Å². The zero-order chi connectivity index (χ0) is 18.2. The van der Waals surface area contributed by atoms with Crippen LogP contribution in [0.1, 0.15) is 16.7 Å². The molecule has 3 nitrogen and oxygen atoms in total. The largest absolute Gasteiger partial charge is 0.434 e. The van der Waals surface area contributed by atoms with Crippen molar-refractivity contribution in [2.75, 3.05) is 0 Å². The zero-order valence-electron chi connectivity index (χ0n) is 13.8. The fraction of sp³-hybridized carbons (Fsp3) is 0.0476. The molecule has 3 aromatic rings. The average Bonchev–Trinajstić information content (AvgIpc) is 2.67. The first-order valence-corrected chi connectivity index (χ1v) is 8.00. The van der Waals surface area contributed by atoms with Gasteiger partial charge >= 0.3 is 6.61 Å². The standard InChI is InChI=1S/C21H16F2N2O/c22-21(23)26-19-14-8-7-13-18(19)15-24-25-20(16-9-3-1-4-10-16)17-11-5-2-6-12-17/h1-15,21H/b24-15-. The Bertz CT molecular complexity index is 853. The van der Waals surface area contributed by atoms with E-state index in [1.165, 1.54) is 12.3 Å². The van der Waals surface area contributed by atoms with E-state index in [9.17, 15) is 8.78 Å². The van der Waals surface area contributed by atoms with Gasteiger partial charge in [-0.25, -0.2) is 0 Å². The van der Waals surface area contributed by atoms with Gasteiger partial charge in [-0.1, -0.05) is 72.8 Å². The molecule has 0 aliphatic rings. The second-order valence-corrected chi connectivity index (χ2v) is 5.34. The first-order chi connectivity index (χ1) is 12.7. The van der Waals surface area contributed by atoms with Gasteiger partial charge in [0.15, 0.2) is 0 Å². The van der Waals surface area contributed by atoms with Gasteiger partial charge in [0.1, 0.15) is 11.5 Å². The lowest BCUT2D eigenvalue weighted by atomic mass is 10.0. The van der Waals surface area contributed by atoms with Crippen LogP contribution in [0.25, 0.3) is 0 Å². The number of nitrogens with zero attached hydrogens (tertiary/aromatic N) is 2. The Morgan fingerprint density at radius 1 is 0.769 bits per heavy atom. The number of halogens is 2. The van der Waals surface area contributed by atoms with E-state index in [4.69, 9.17) is 0 Å². The van der Waals surface area contributed by atoms with Crippen molar-refractivity contribution in [1.29, 1.82) is 0 Å². The molecule has 0 bridgehead atoms. The molecule has 3 rings (SSSR count). The van der Waals surface area contributed by atoms with Gasteiger partial charge in [-0.3, -0.25) is 0 Å². The first kappa shape index (κ1) is 17.5. The quantitative estimate of drug-likeness (QED) is 0.447. The fourth-order valence-corrected chi connectivity index (χ4v) is 2.41. The topological polar surface area (TPSA) is 34.0 Å². The van der Waals surface area contributed by atoms with Crippen LogP contribution in [-0.2, 0) is 0 Å². The highest BCUT2D eigenvalue weighted by Gasteiger charge is 2.08. The summed E-state index contributed by atoms with van der Waals surface area (Å²) in [5.41, 5.74) is 2.94. The Hall–Kier alpha value is -3.34. The number of alkyl halides is 2. The molecule has 5 heteroatoms. The number of ether oxygens (including phenoxy) is 1. The lowest BCUT2D eigenvalue weighted by Crippen LogP contribution is -2.04. The summed E-state index contributed by atoms with van der Waals surface area (Å²) in [7, 11) is 0. The minimum absolute atomic E-state index is 0.0578. The molecule has 0 spiro atoms. The first-order valence-electron chi connectivity index (χ1n) is 8.00. The Balaban J connectivity index is 1.94. The molecule has 3 aromatic carbocycles. The maximum atomic E-state index is 12.5. The molecule has 26 heavy (non-hydrogen) atoms. The van der Waals surface area contributed by atoms with Crippen LogP contribution in [0.15, 0.2) is 95.1 Å². The van der Waals surface area contributed by atoms with Gasteiger partial charge < -0.3 is 4.74 Å². The predicted molar refractivity (Wildman–Crippen MR) is 99.2 cm³/mol. The van der Waals surface area contributed by atoms with Crippen LogP contribution in [-0.4, -0.2) is 18.5 Å². The van der Waals surface area contributed by atoms with E-state index in [1.54, 1.807) is 18.2 Å². The number of hydrogen-bond donors (Lipinski definition) is 0. The summed E-state index contributed by atoms with van der Waals surface area (Å²) in [5.74, 6) is 0.0578. The Labute approximate surface area is 150 Å². The van der Waals surface area contributed by atoms with Gasteiger partial charge in [0, 0.05) is 16.7 Å². The maximum absolute atomic E-state index is 12.5. The molecule has 0 heterocycles. The second-order valence-electron chi connectivity index (χ2n) is 5.34. The SMILES string of the molecule is FC(F)Oc1ccccc1/C=N\N=C(c1ccccc1)c1ccccc1. The summed E-state index contributed by atoms with van der Waals surface area (Å²) in [6.45, 7) is -2.89. The molecule has 130 valence electrons. The average molecular weight is 350 g/mol. The third kappa shape index (κ3) is 4.60. The monoisotopic (exact) mass is 350 g/mol. The molecule has 0 aliphatic heterocycles. The van der Waals surface area contributed by atoms with Crippen LogP contribution in [0.4, 0.5) is 8.78 Å². The minimum Gasteiger partial charge on any atom is -0.434 e. The maximum Gasteiger partial charge on any atom is 0.387 e. The van der Waals surface area contributed by atoms with Crippen molar-refractivity contribution in [2.45, 2.75) is 6.61 Å². The highest BCUT2D eigenvalue weighted by atomic mass is 19.3. The number of para-hydroxylation sites is 1. The smallest absolute Gasteiger partial charge is 0.387 e. The summed E-state index contributed by atoms with van der Waals surface area (Å²) in [6.07, 6.45) is 1.41. The molecular formula is C21H16F2N2O. The van der Waals surface area contributed by atoms with Crippen LogP contribution in [0.5, 0.6) is 5.75 Å². The van der Waals surface area contributed by atoms with Crippen molar-refractivity contribution in [1.82, 2.24) is 0 Å². The van der Waals surface area contributed by atoms with Crippen molar-refractivity contribution >= 4 is 11.9 Å². The van der Waals surface area contributed by atoms with Crippen molar-refractivity contribution in [3.05, 3.63) is 102 Å². The normalized spacial score (nSPS) is 10.9. The lowest BCUT2D eigenvalue weighted by Gasteiger charge is -2.07. The molecule has 0 N–H and O–H groups in total. The molecule has 0 radical (unpaired) electrons. The van der Waals surface area contributed by atoms with Crippen molar-refractivity contribution in [2.24, 2.45) is 10.2 Å². The summed E-state index contributed by atoms with van der Waals surface area (Å²) < 4.78 is 29.5. The van der Waals surface area contributed by atoms with E-state index in [2.05, 4.69) is 14.9 Å². The Morgan fingerprint density at radius 3 is 1.88 bits per heavy atom. The third-order valence-electron chi connectivity index (χ3n) is 3.58. The van der Waals surface area contributed by atoms with E-state index < -0.39 is 6.61 Å². The summed E-state index contributed by atoms with van der Waals surface area (Å²) >= 11 is 0. The van der Waals surface area contributed by atoms with E-state index in [1.807, 2.05) is 60.7 Å². The van der Waals surface area contributed by atoms with E-state index in [0.717, 1.165) is 11.1 Å². The molecular weight excluding hydrogens is 334 g/mol. The lowest BCUT2D eigenvalue weighted by molar-refractivity contribution is -0.0499. The molecule has 0 aliphatic carbocycles. The summed E-state index contributed by atoms with van der Waals surface area (Å²) in [6, 6.07) is 25.7. The predicted octanol–water partition coefficient (Wildman–Crippen LogP) is 5.16. The van der Waals surface area contributed by atoms with E-state index in [-0.39, 0.29) is 5.75 Å². The van der Waals surface area contributed by atoms with Gasteiger partial charge in [-0.15, -0.1) is 5.10 Å². The second kappa shape index (κ2) is 8.67. The van der Waals surface area contributed by atoms with Gasteiger partial charge in [0.2, 0.25) is 0 Å². The van der Waals surface area contributed by atoms with Crippen LogP contribution < -0.4 is 4.74 Å². The minimum atomic E-state index is -2.89. The van der Waals surface area contributed by atoms with Crippen LogP contribution in [0.2, 0.25) is 0 Å². The molecule has 0 saturated heterocycles. The number of rotatable bonds is 6. The molecule has 0 aromatic heterocycles. The Morgan fingerprint density at radius 2 is 1.31 bits per heavy atom. The van der Waals surface area contributed by atoms with E-state index >= 15 is 0 Å². The molecule has 0 unspecified atom stereocenters. The van der Waals surface area contributed by atoms with Crippen molar-refractivity contribution < 1.29 is 13.5 Å². The van der Waals surface area contributed by atoms with Gasteiger partial charge in [0.05, 0.1) is 6.21 Å². The van der Waals surface area contributed by atoms with Crippen LogP contribution in [0, 0.1) is 0 Å². The third-order valence-corrected chi connectivity index (χ3v) is 3.58. The number of benzene rings is 3. The van der Waals surface area contributed by atoms with Gasteiger partial charge in [0.25, 0.3) is 0 Å². The van der Waals surface area contributed by atoms with Crippen molar-refractivity contribution in [3.8, 4) is 5.75 Å². The van der Waals surface area contributed by atoms with Crippen LogP contribution >= 0.6 is 0 Å². The molecule has 0 saturated carbocycles. The van der Waals surface area contributed by atoms with Gasteiger partial charge in [-0.05, 0) is 12.1 Å². The fourth-order valence-electron chi connectivity index (χ4n) is 2.41. The molecule has 0 amide bonds. The highest BCUT2D eigenvalue weighted by Crippen LogP contribution is 2.18. The highest BCUT2D eigenvalue weighted by molar-refractivity contribution is 6.12.